The quantitative estimate of drug-likeness (QED) is 0.321. The maximum absolute atomic E-state index is 12.5. The molecular weight excluding hydrogens is 502 g/mol. The Morgan fingerprint density at radius 1 is 1.00 bits per heavy atom. The highest BCUT2D eigenvalue weighted by Gasteiger charge is 2.15. The first-order valence-electron chi connectivity index (χ1n) is 10.4. The first kappa shape index (κ1) is 23.0. The Labute approximate surface area is 204 Å². The van der Waals surface area contributed by atoms with E-state index in [9.17, 15) is 9.59 Å². The second kappa shape index (κ2) is 10.6. The van der Waals surface area contributed by atoms with Crippen LogP contribution in [0.2, 0.25) is 0 Å². The lowest BCUT2D eigenvalue weighted by Crippen LogP contribution is -2.25. The zero-order chi connectivity index (χ0) is 23.2. The Morgan fingerprint density at radius 3 is 2.55 bits per heavy atom. The van der Waals surface area contributed by atoms with E-state index in [-0.39, 0.29) is 24.1 Å². The summed E-state index contributed by atoms with van der Waals surface area (Å²) in [7, 11) is 0. The third-order valence-corrected chi connectivity index (χ3v) is 6.66. The second-order valence-corrected chi connectivity index (χ2v) is 9.00. The van der Waals surface area contributed by atoms with Crippen molar-refractivity contribution < 1.29 is 9.59 Å². The highest BCUT2D eigenvalue weighted by Crippen LogP contribution is 2.21. The van der Waals surface area contributed by atoms with Crippen molar-refractivity contribution in [3.8, 4) is 0 Å². The van der Waals surface area contributed by atoms with E-state index in [0.717, 1.165) is 20.9 Å². The molecule has 33 heavy (non-hydrogen) atoms. The van der Waals surface area contributed by atoms with Crippen LogP contribution in [0.15, 0.2) is 76.4 Å². The fourth-order valence-corrected chi connectivity index (χ4v) is 4.65. The number of hydrogen-bond acceptors (Lipinski definition) is 5. The van der Waals surface area contributed by atoms with Crippen molar-refractivity contribution in [1.29, 1.82) is 0 Å². The molecule has 0 radical (unpaired) electrons. The average molecular weight is 524 g/mol. The van der Waals surface area contributed by atoms with Gasteiger partial charge in [-0.05, 0) is 57.9 Å². The molecule has 0 spiro atoms. The minimum atomic E-state index is -0.197. The third-order valence-electron chi connectivity index (χ3n) is 5.00. The zero-order valence-electron chi connectivity index (χ0n) is 17.9. The number of amides is 2. The molecule has 0 bridgehead atoms. The van der Waals surface area contributed by atoms with Crippen LogP contribution in [0.3, 0.4) is 0 Å². The lowest BCUT2D eigenvalue weighted by molar-refractivity contribution is -0.113. The summed E-state index contributed by atoms with van der Waals surface area (Å²) in [6.07, 6.45) is 0. The number of rotatable bonds is 8. The van der Waals surface area contributed by atoms with Gasteiger partial charge >= 0.3 is 0 Å². The van der Waals surface area contributed by atoms with Gasteiger partial charge in [0.2, 0.25) is 5.91 Å². The molecule has 2 N–H and O–H groups in total. The number of nitrogens with zero attached hydrogens (tertiary/aromatic N) is 3. The van der Waals surface area contributed by atoms with Gasteiger partial charge in [-0.3, -0.25) is 9.59 Å². The highest BCUT2D eigenvalue weighted by atomic mass is 79.9. The van der Waals surface area contributed by atoms with E-state index in [4.69, 9.17) is 0 Å². The molecule has 2 amide bonds. The molecule has 1 heterocycles. The van der Waals surface area contributed by atoms with Crippen molar-refractivity contribution in [1.82, 2.24) is 20.1 Å². The molecule has 168 valence electrons. The second-order valence-electron chi connectivity index (χ2n) is 7.20. The zero-order valence-corrected chi connectivity index (χ0v) is 20.3. The summed E-state index contributed by atoms with van der Waals surface area (Å²) >= 11 is 4.70. The Hall–Kier alpha value is -3.17. The van der Waals surface area contributed by atoms with E-state index in [1.807, 2.05) is 72.2 Å². The molecule has 0 atom stereocenters. The number of nitrogens with one attached hydrogen (secondary N) is 2. The number of hydrogen-bond donors (Lipinski definition) is 2. The molecule has 4 aromatic rings. The van der Waals surface area contributed by atoms with Crippen molar-refractivity contribution in [3.05, 3.63) is 82.6 Å². The molecule has 9 heteroatoms. The smallest absolute Gasteiger partial charge is 0.252 e. The van der Waals surface area contributed by atoms with Gasteiger partial charge in [-0.2, -0.15) is 0 Å². The van der Waals surface area contributed by atoms with Crippen molar-refractivity contribution in [2.24, 2.45) is 0 Å². The van der Waals surface area contributed by atoms with Gasteiger partial charge < -0.3 is 15.2 Å². The van der Waals surface area contributed by atoms with Gasteiger partial charge in [0.15, 0.2) is 11.0 Å². The van der Waals surface area contributed by atoms with Crippen LogP contribution in [-0.4, -0.2) is 32.3 Å². The molecule has 0 fully saturated rings. The number of fused-ring (bicyclic) bond motifs is 1. The van der Waals surface area contributed by atoms with Gasteiger partial charge in [-0.15, -0.1) is 10.2 Å². The summed E-state index contributed by atoms with van der Waals surface area (Å²) in [5, 5.41) is 17.1. The summed E-state index contributed by atoms with van der Waals surface area (Å²) < 4.78 is 2.63. The molecular formula is C24H22BrN5O2S. The minimum Gasteiger partial charge on any atom is -0.345 e. The van der Waals surface area contributed by atoms with E-state index in [2.05, 4.69) is 36.8 Å². The van der Waals surface area contributed by atoms with Crippen molar-refractivity contribution >= 4 is 56.0 Å². The van der Waals surface area contributed by atoms with Crippen molar-refractivity contribution in [3.63, 3.8) is 0 Å². The first-order chi connectivity index (χ1) is 16.0. The highest BCUT2D eigenvalue weighted by molar-refractivity contribution is 9.10. The third kappa shape index (κ3) is 5.61. The summed E-state index contributed by atoms with van der Waals surface area (Å²) in [6, 6.07) is 21.1. The van der Waals surface area contributed by atoms with Crippen LogP contribution >= 0.6 is 27.7 Å². The van der Waals surface area contributed by atoms with Crippen LogP contribution in [0.25, 0.3) is 10.8 Å². The number of thioether (sulfide) groups is 1. The molecule has 3 aromatic carbocycles. The van der Waals surface area contributed by atoms with Crippen LogP contribution < -0.4 is 10.6 Å². The van der Waals surface area contributed by atoms with E-state index in [1.165, 1.54) is 11.8 Å². The fraction of sp³-hybridized carbons (Fsp3) is 0.167. The van der Waals surface area contributed by atoms with Crippen LogP contribution in [0.4, 0.5) is 5.69 Å². The maximum Gasteiger partial charge on any atom is 0.252 e. The van der Waals surface area contributed by atoms with Crippen molar-refractivity contribution in [2.45, 2.75) is 25.2 Å². The lowest BCUT2D eigenvalue weighted by Gasteiger charge is -2.09. The number of anilines is 1. The van der Waals surface area contributed by atoms with Crippen LogP contribution in [0, 0.1) is 0 Å². The molecule has 4 rings (SSSR count). The summed E-state index contributed by atoms with van der Waals surface area (Å²) in [5.74, 6) is 0.519. The molecule has 0 saturated heterocycles. The van der Waals surface area contributed by atoms with Gasteiger partial charge in [0.05, 0.1) is 17.9 Å². The van der Waals surface area contributed by atoms with Gasteiger partial charge in [0.25, 0.3) is 5.91 Å². The first-order valence-corrected chi connectivity index (χ1v) is 12.2. The predicted molar refractivity (Wildman–Crippen MR) is 134 cm³/mol. The molecule has 0 aliphatic carbocycles. The number of carbonyl (C=O) groups excluding carboxylic acids is 2. The fourth-order valence-electron chi connectivity index (χ4n) is 3.37. The van der Waals surface area contributed by atoms with Crippen molar-refractivity contribution in [2.75, 3.05) is 11.1 Å². The van der Waals surface area contributed by atoms with Gasteiger partial charge in [0.1, 0.15) is 0 Å². The lowest BCUT2D eigenvalue weighted by atomic mass is 10.1. The Kier molecular flexibility index (Phi) is 7.41. The number of aromatic nitrogens is 3. The molecule has 0 aliphatic rings. The van der Waals surface area contributed by atoms with E-state index in [1.54, 1.807) is 6.07 Å². The monoisotopic (exact) mass is 523 g/mol. The van der Waals surface area contributed by atoms with E-state index in [0.29, 0.717) is 23.1 Å². The van der Waals surface area contributed by atoms with Gasteiger partial charge in [-0.1, -0.05) is 54.2 Å². The maximum atomic E-state index is 12.5. The normalized spacial score (nSPS) is 10.8. The topological polar surface area (TPSA) is 88.9 Å². The molecule has 0 unspecified atom stereocenters. The number of carbonyl (C=O) groups is 2. The minimum absolute atomic E-state index is 0.121. The Balaban J connectivity index is 1.35. The summed E-state index contributed by atoms with van der Waals surface area (Å²) in [4.78, 5) is 24.9. The SMILES string of the molecule is CCn1c(CNC(=O)c2ccccc2Br)nnc1SCC(=O)Nc1ccc2ccccc2c1. The summed E-state index contributed by atoms with van der Waals surface area (Å²) in [5.41, 5.74) is 1.31. The molecule has 1 aromatic heterocycles. The van der Waals surface area contributed by atoms with E-state index < -0.39 is 0 Å². The number of halogens is 1. The Morgan fingerprint density at radius 2 is 1.76 bits per heavy atom. The molecule has 0 saturated carbocycles. The number of benzene rings is 3. The molecule has 0 aliphatic heterocycles. The largest absolute Gasteiger partial charge is 0.345 e. The Bertz CT molecular complexity index is 1310. The molecule has 7 nitrogen and oxygen atoms in total. The van der Waals surface area contributed by atoms with Crippen LogP contribution in [0.1, 0.15) is 23.1 Å². The van der Waals surface area contributed by atoms with Crippen LogP contribution in [0.5, 0.6) is 0 Å². The van der Waals surface area contributed by atoms with E-state index >= 15 is 0 Å². The van der Waals surface area contributed by atoms with Gasteiger partial charge in [-0.25, -0.2) is 0 Å². The standard InChI is InChI=1S/C24H22BrN5O2S/c1-2-30-21(14-26-23(32)19-9-5-6-10-20(19)25)28-29-24(30)33-15-22(31)27-18-12-11-16-7-3-4-8-17(16)13-18/h3-13H,2,14-15H2,1H3,(H,26,32)(H,27,31). The summed E-state index contributed by atoms with van der Waals surface area (Å²) in [6.45, 7) is 2.84. The van der Waals surface area contributed by atoms with Crippen LogP contribution in [-0.2, 0) is 17.9 Å². The average Bonchev–Trinajstić information content (AvgIpc) is 3.23. The van der Waals surface area contributed by atoms with Gasteiger partial charge in [0, 0.05) is 16.7 Å². The predicted octanol–water partition coefficient (Wildman–Crippen LogP) is 4.87.